The molecule has 1 aliphatic heterocycles. The van der Waals surface area contributed by atoms with Crippen LogP contribution in [0.4, 0.5) is 0 Å². The van der Waals surface area contributed by atoms with E-state index in [-0.39, 0.29) is 11.2 Å². The SMILES string of the molecule is Cc1ccc(CNC(=O)C2Cc3ccccc3S2)cc1. The van der Waals surface area contributed by atoms with Crippen LogP contribution in [0.2, 0.25) is 0 Å². The topological polar surface area (TPSA) is 29.1 Å². The lowest BCUT2D eigenvalue weighted by Gasteiger charge is -2.10. The van der Waals surface area contributed by atoms with Crippen molar-refractivity contribution in [2.24, 2.45) is 0 Å². The summed E-state index contributed by atoms with van der Waals surface area (Å²) in [4.78, 5) is 13.5. The van der Waals surface area contributed by atoms with Crippen molar-refractivity contribution in [2.45, 2.75) is 30.0 Å². The Morgan fingerprint density at radius 3 is 2.70 bits per heavy atom. The first-order chi connectivity index (χ1) is 9.72. The van der Waals surface area contributed by atoms with Crippen LogP contribution in [0.15, 0.2) is 53.4 Å². The molecular formula is C17H17NOS. The molecule has 1 amide bonds. The first kappa shape index (κ1) is 13.3. The molecule has 2 aromatic rings. The lowest BCUT2D eigenvalue weighted by Crippen LogP contribution is -2.31. The van der Waals surface area contributed by atoms with Crippen LogP contribution in [-0.4, -0.2) is 11.2 Å². The summed E-state index contributed by atoms with van der Waals surface area (Å²) >= 11 is 1.67. The zero-order chi connectivity index (χ0) is 13.9. The Morgan fingerprint density at radius 1 is 1.20 bits per heavy atom. The van der Waals surface area contributed by atoms with Crippen LogP contribution in [0, 0.1) is 6.92 Å². The summed E-state index contributed by atoms with van der Waals surface area (Å²) in [6.07, 6.45) is 0.834. The Labute approximate surface area is 123 Å². The number of amides is 1. The molecule has 2 aromatic carbocycles. The Hall–Kier alpha value is -1.74. The normalized spacial score (nSPS) is 16.8. The van der Waals surface area contributed by atoms with E-state index >= 15 is 0 Å². The van der Waals surface area contributed by atoms with Crippen molar-refractivity contribution in [3.8, 4) is 0 Å². The second-order valence-corrected chi connectivity index (χ2v) is 6.37. The molecule has 1 unspecified atom stereocenters. The number of fused-ring (bicyclic) bond motifs is 1. The van der Waals surface area contributed by atoms with Gasteiger partial charge >= 0.3 is 0 Å². The third-order valence-electron chi connectivity index (χ3n) is 3.53. The van der Waals surface area contributed by atoms with Crippen molar-refractivity contribution in [1.82, 2.24) is 5.32 Å². The van der Waals surface area contributed by atoms with E-state index in [4.69, 9.17) is 0 Å². The van der Waals surface area contributed by atoms with Crippen molar-refractivity contribution < 1.29 is 4.79 Å². The third-order valence-corrected chi connectivity index (χ3v) is 4.84. The fraction of sp³-hybridized carbons (Fsp3) is 0.235. The summed E-state index contributed by atoms with van der Waals surface area (Å²) in [5.41, 5.74) is 3.67. The summed E-state index contributed by atoms with van der Waals surface area (Å²) in [6.45, 7) is 2.67. The highest BCUT2D eigenvalue weighted by Gasteiger charge is 2.27. The van der Waals surface area contributed by atoms with Crippen LogP contribution < -0.4 is 5.32 Å². The Kier molecular flexibility index (Phi) is 3.79. The number of benzene rings is 2. The number of hydrogen-bond acceptors (Lipinski definition) is 2. The molecule has 1 N–H and O–H groups in total. The smallest absolute Gasteiger partial charge is 0.234 e. The highest BCUT2D eigenvalue weighted by atomic mass is 32.2. The van der Waals surface area contributed by atoms with Gasteiger partial charge in [-0.15, -0.1) is 11.8 Å². The van der Waals surface area contributed by atoms with E-state index in [1.165, 1.54) is 16.0 Å². The Morgan fingerprint density at radius 2 is 1.95 bits per heavy atom. The van der Waals surface area contributed by atoms with Gasteiger partial charge in [-0.1, -0.05) is 48.0 Å². The number of hydrogen-bond donors (Lipinski definition) is 1. The van der Waals surface area contributed by atoms with Gasteiger partial charge in [-0.3, -0.25) is 4.79 Å². The molecule has 0 bridgehead atoms. The summed E-state index contributed by atoms with van der Waals surface area (Å²) in [5.74, 6) is 0.131. The molecule has 0 aliphatic carbocycles. The molecule has 2 nitrogen and oxygen atoms in total. The summed E-state index contributed by atoms with van der Waals surface area (Å²) in [5, 5.41) is 3.05. The van der Waals surface area contributed by atoms with E-state index in [9.17, 15) is 4.79 Å². The van der Waals surface area contributed by atoms with E-state index in [0.29, 0.717) is 6.54 Å². The van der Waals surface area contributed by atoms with E-state index in [1.807, 2.05) is 12.1 Å². The lowest BCUT2D eigenvalue weighted by atomic mass is 10.1. The van der Waals surface area contributed by atoms with E-state index < -0.39 is 0 Å². The second-order valence-electron chi connectivity index (χ2n) is 5.12. The first-order valence-electron chi connectivity index (χ1n) is 6.80. The van der Waals surface area contributed by atoms with Gasteiger partial charge in [0.15, 0.2) is 0 Å². The van der Waals surface area contributed by atoms with Gasteiger partial charge in [0.25, 0.3) is 0 Å². The van der Waals surface area contributed by atoms with E-state index in [1.54, 1.807) is 11.8 Å². The first-order valence-corrected chi connectivity index (χ1v) is 7.68. The van der Waals surface area contributed by atoms with Crippen LogP contribution in [0.3, 0.4) is 0 Å². The molecule has 1 atom stereocenters. The number of rotatable bonds is 3. The fourth-order valence-electron chi connectivity index (χ4n) is 2.34. The van der Waals surface area contributed by atoms with Gasteiger partial charge in [-0.05, 0) is 30.5 Å². The van der Waals surface area contributed by atoms with Crippen molar-refractivity contribution >= 4 is 17.7 Å². The molecular weight excluding hydrogens is 266 g/mol. The Balaban J connectivity index is 1.57. The summed E-state index contributed by atoms with van der Waals surface area (Å²) < 4.78 is 0. The van der Waals surface area contributed by atoms with Gasteiger partial charge in [0.05, 0.1) is 5.25 Å². The number of nitrogens with one attached hydrogen (secondary N) is 1. The number of aryl methyl sites for hydroxylation is 1. The zero-order valence-electron chi connectivity index (χ0n) is 11.4. The van der Waals surface area contributed by atoms with Gasteiger partial charge in [0.1, 0.15) is 0 Å². The molecule has 1 aliphatic rings. The third kappa shape index (κ3) is 2.88. The molecule has 0 saturated carbocycles. The van der Waals surface area contributed by atoms with Gasteiger partial charge < -0.3 is 5.32 Å². The minimum absolute atomic E-state index is 0.0119. The average molecular weight is 283 g/mol. The number of thioether (sulfide) groups is 1. The standard InChI is InChI=1S/C17H17NOS/c1-12-6-8-13(9-7-12)11-18-17(19)16-10-14-4-2-3-5-15(14)20-16/h2-9,16H,10-11H2,1H3,(H,18,19). The predicted octanol–water partition coefficient (Wildman–Crippen LogP) is 3.33. The summed E-state index contributed by atoms with van der Waals surface area (Å²) in [6, 6.07) is 16.5. The maximum Gasteiger partial charge on any atom is 0.234 e. The van der Waals surface area contributed by atoms with Crippen molar-refractivity contribution in [3.05, 3.63) is 65.2 Å². The minimum atomic E-state index is 0.0119. The highest BCUT2D eigenvalue weighted by Crippen LogP contribution is 2.36. The maximum absolute atomic E-state index is 12.2. The fourth-order valence-corrected chi connectivity index (χ4v) is 3.56. The molecule has 0 fully saturated rings. The molecule has 1 heterocycles. The molecule has 102 valence electrons. The van der Waals surface area contributed by atoms with Crippen LogP contribution in [-0.2, 0) is 17.8 Å². The second kappa shape index (κ2) is 5.71. The molecule has 3 rings (SSSR count). The van der Waals surface area contributed by atoms with Gasteiger partial charge in [0, 0.05) is 11.4 Å². The molecule has 0 radical (unpaired) electrons. The van der Waals surface area contributed by atoms with E-state index in [2.05, 4.69) is 48.6 Å². The van der Waals surface area contributed by atoms with E-state index in [0.717, 1.165) is 12.0 Å². The van der Waals surface area contributed by atoms with Crippen molar-refractivity contribution in [2.75, 3.05) is 0 Å². The molecule has 0 saturated heterocycles. The Bertz CT molecular complexity index is 596. The average Bonchev–Trinajstić information content (AvgIpc) is 2.90. The minimum Gasteiger partial charge on any atom is -0.351 e. The van der Waals surface area contributed by atoms with Crippen LogP contribution in [0.5, 0.6) is 0 Å². The van der Waals surface area contributed by atoms with Crippen LogP contribution >= 0.6 is 11.8 Å². The highest BCUT2D eigenvalue weighted by molar-refractivity contribution is 8.01. The van der Waals surface area contributed by atoms with Crippen LogP contribution in [0.1, 0.15) is 16.7 Å². The largest absolute Gasteiger partial charge is 0.351 e. The van der Waals surface area contributed by atoms with Crippen LogP contribution in [0.25, 0.3) is 0 Å². The molecule has 20 heavy (non-hydrogen) atoms. The predicted molar refractivity (Wildman–Crippen MR) is 82.8 cm³/mol. The number of carbonyl (C=O) groups is 1. The van der Waals surface area contributed by atoms with Gasteiger partial charge in [0.2, 0.25) is 5.91 Å². The van der Waals surface area contributed by atoms with Gasteiger partial charge in [-0.2, -0.15) is 0 Å². The number of carbonyl (C=O) groups excluding carboxylic acids is 1. The molecule has 0 spiro atoms. The monoisotopic (exact) mass is 283 g/mol. The maximum atomic E-state index is 12.2. The lowest BCUT2D eigenvalue weighted by molar-refractivity contribution is -0.120. The van der Waals surface area contributed by atoms with Crippen molar-refractivity contribution in [3.63, 3.8) is 0 Å². The zero-order valence-corrected chi connectivity index (χ0v) is 12.2. The van der Waals surface area contributed by atoms with Crippen molar-refractivity contribution in [1.29, 1.82) is 0 Å². The molecule has 3 heteroatoms. The quantitative estimate of drug-likeness (QED) is 0.936. The van der Waals surface area contributed by atoms with Gasteiger partial charge in [-0.25, -0.2) is 0 Å². The summed E-state index contributed by atoms with van der Waals surface area (Å²) in [7, 11) is 0. The molecule has 0 aromatic heterocycles.